The zero-order valence-corrected chi connectivity index (χ0v) is 21.7. The van der Waals surface area contributed by atoms with Crippen LogP contribution in [0.2, 0.25) is 25.7 Å². The number of rotatable bonds is 10. The minimum absolute atomic E-state index is 0.0461. The molecule has 10 nitrogen and oxygen atoms in total. The van der Waals surface area contributed by atoms with E-state index in [-0.39, 0.29) is 18.9 Å². The predicted octanol–water partition coefficient (Wildman–Crippen LogP) is 3.22. The molecule has 1 saturated heterocycles. The van der Waals surface area contributed by atoms with Crippen LogP contribution >= 0.6 is 0 Å². The van der Waals surface area contributed by atoms with Gasteiger partial charge in [0.05, 0.1) is 18.4 Å². The van der Waals surface area contributed by atoms with Gasteiger partial charge in [0.1, 0.15) is 12.2 Å². The molecule has 1 aliphatic heterocycles. The molecule has 0 radical (unpaired) electrons. The molecular weight excluding hydrogens is 505 g/mol. The number of nitrogens with one attached hydrogen (secondary N) is 2. The summed E-state index contributed by atoms with van der Waals surface area (Å²) in [5.41, 5.74) is 1.18. The van der Waals surface area contributed by atoms with Crippen LogP contribution in [0.25, 0.3) is 11.2 Å². The first-order valence-electron chi connectivity index (χ1n) is 11.2. The van der Waals surface area contributed by atoms with Crippen molar-refractivity contribution in [2.24, 2.45) is 0 Å². The van der Waals surface area contributed by atoms with Crippen molar-refractivity contribution in [3.8, 4) is 0 Å². The molecule has 0 spiro atoms. The quantitative estimate of drug-likeness (QED) is 0.356. The minimum Gasteiger partial charge on any atom is -0.361 e. The maximum Gasteiger partial charge on any atom is 0.390 e. The lowest BCUT2D eigenvalue weighted by molar-refractivity contribution is -0.130. The highest BCUT2D eigenvalue weighted by atomic mass is 32.2. The number of aromatic nitrogens is 3. The number of hydrogen-bond acceptors (Lipinski definition) is 6. The summed E-state index contributed by atoms with van der Waals surface area (Å²) in [6.07, 6.45) is -2.45. The fraction of sp³-hybridized carbons (Fsp3) is 0.650. The number of ether oxygens (including phenoxy) is 1. The third-order valence-corrected chi connectivity index (χ3v) is 9.00. The van der Waals surface area contributed by atoms with Crippen LogP contribution in [0, 0.1) is 0 Å². The van der Waals surface area contributed by atoms with Gasteiger partial charge in [0.25, 0.3) is 0 Å². The molecule has 2 N–H and O–H groups in total. The topological polar surface area (TPSA) is 118 Å². The van der Waals surface area contributed by atoms with Crippen LogP contribution in [0.5, 0.6) is 0 Å². The first kappa shape index (κ1) is 27.4. The molecule has 1 aliphatic rings. The number of amides is 2. The van der Waals surface area contributed by atoms with Gasteiger partial charge < -0.3 is 14.6 Å². The standard InChI is InChI=1S/C20H31F3N6O4SSi/c1-35(2,3)11-9-33-14-28-7-5-16-18(28)24-12-17(26-16)27-19(30)25-15-4-8-29(13-15)34(31,32)10-6-20(21,22)23/h5,7,12,15H,4,6,8-11,13-14H2,1-3H3,(H2,25,26,27,30). The Labute approximate surface area is 203 Å². The fourth-order valence-corrected chi connectivity index (χ4v) is 5.77. The summed E-state index contributed by atoms with van der Waals surface area (Å²) < 4.78 is 69.9. The van der Waals surface area contributed by atoms with Crippen LogP contribution < -0.4 is 10.6 Å². The number of halogens is 3. The molecule has 2 aromatic heterocycles. The first-order valence-corrected chi connectivity index (χ1v) is 16.6. The van der Waals surface area contributed by atoms with Crippen LogP contribution in [-0.4, -0.2) is 79.0 Å². The summed E-state index contributed by atoms with van der Waals surface area (Å²) in [5.74, 6) is -0.798. The Kier molecular flexibility index (Phi) is 8.44. The Hall–Kier alpha value is -2.23. The van der Waals surface area contributed by atoms with Crippen LogP contribution in [0.1, 0.15) is 12.8 Å². The normalized spacial score (nSPS) is 17.7. The smallest absolute Gasteiger partial charge is 0.361 e. The maximum absolute atomic E-state index is 12.4. The second-order valence-corrected chi connectivity index (χ2v) is 17.4. The Morgan fingerprint density at radius 1 is 1.31 bits per heavy atom. The average molecular weight is 537 g/mol. The lowest BCUT2D eigenvalue weighted by Crippen LogP contribution is -2.41. The van der Waals surface area contributed by atoms with E-state index in [0.717, 1.165) is 10.3 Å². The van der Waals surface area contributed by atoms with Crippen LogP contribution in [0.3, 0.4) is 0 Å². The van der Waals surface area contributed by atoms with Crippen molar-refractivity contribution in [2.75, 3.05) is 30.8 Å². The third kappa shape index (κ3) is 8.43. The molecule has 3 rings (SSSR count). The van der Waals surface area contributed by atoms with Gasteiger partial charge in [-0.15, -0.1) is 0 Å². The summed E-state index contributed by atoms with van der Waals surface area (Å²) in [7, 11) is -5.23. The van der Waals surface area contributed by atoms with Gasteiger partial charge in [-0.3, -0.25) is 5.32 Å². The SMILES string of the molecule is C[Si](C)(C)CCOCn1ccc2nc(NC(=O)NC3CCN(S(=O)(=O)CCC(F)(F)F)C3)cnc21. The molecule has 1 atom stereocenters. The molecule has 15 heteroatoms. The second kappa shape index (κ2) is 10.8. The highest BCUT2D eigenvalue weighted by Crippen LogP contribution is 2.23. The molecule has 2 amide bonds. The van der Waals surface area contributed by atoms with Gasteiger partial charge in [0.2, 0.25) is 10.0 Å². The first-order chi connectivity index (χ1) is 16.2. The Balaban J connectivity index is 1.49. The van der Waals surface area contributed by atoms with E-state index in [1.54, 1.807) is 12.3 Å². The van der Waals surface area contributed by atoms with E-state index in [1.165, 1.54) is 6.20 Å². The fourth-order valence-electron chi connectivity index (χ4n) is 3.48. The molecule has 0 saturated carbocycles. The number of alkyl halides is 3. The molecule has 2 aromatic rings. The molecule has 0 bridgehead atoms. The molecule has 196 valence electrons. The van der Waals surface area contributed by atoms with Gasteiger partial charge in [0, 0.05) is 40.0 Å². The van der Waals surface area contributed by atoms with Crippen LogP contribution in [-0.2, 0) is 21.5 Å². The number of nitrogens with zero attached hydrogens (tertiary/aromatic N) is 4. The van der Waals surface area contributed by atoms with Crippen molar-refractivity contribution >= 4 is 41.1 Å². The van der Waals surface area contributed by atoms with Gasteiger partial charge in [-0.05, 0) is 18.5 Å². The minimum atomic E-state index is -4.55. The molecular formula is C20H31F3N6O4SSi. The van der Waals surface area contributed by atoms with Crippen molar-refractivity contribution in [1.82, 2.24) is 24.2 Å². The van der Waals surface area contributed by atoms with Crippen molar-refractivity contribution in [3.05, 3.63) is 18.5 Å². The molecule has 3 heterocycles. The summed E-state index contributed by atoms with van der Waals surface area (Å²) in [6.45, 7) is 7.82. The number of carbonyl (C=O) groups excluding carboxylic acids is 1. The summed E-state index contributed by atoms with van der Waals surface area (Å²) in [4.78, 5) is 21.1. The summed E-state index contributed by atoms with van der Waals surface area (Å²) in [5, 5.41) is 5.19. The monoisotopic (exact) mass is 536 g/mol. The Bertz CT molecular complexity index is 1140. The summed E-state index contributed by atoms with van der Waals surface area (Å²) >= 11 is 0. The molecule has 0 aromatic carbocycles. The van der Waals surface area contributed by atoms with E-state index in [1.807, 2.05) is 4.57 Å². The number of hydrogen-bond donors (Lipinski definition) is 2. The highest BCUT2D eigenvalue weighted by Gasteiger charge is 2.36. The van der Waals surface area contributed by atoms with Gasteiger partial charge in [-0.1, -0.05) is 19.6 Å². The number of carbonyl (C=O) groups is 1. The van der Waals surface area contributed by atoms with E-state index in [9.17, 15) is 26.4 Å². The molecule has 1 fully saturated rings. The van der Waals surface area contributed by atoms with Crippen molar-refractivity contribution in [2.45, 2.75) is 57.5 Å². The Morgan fingerprint density at radius 2 is 2.06 bits per heavy atom. The van der Waals surface area contributed by atoms with E-state index in [4.69, 9.17) is 4.74 Å². The van der Waals surface area contributed by atoms with Crippen LogP contribution in [0.4, 0.5) is 23.8 Å². The number of fused-ring (bicyclic) bond motifs is 1. The van der Waals surface area contributed by atoms with Crippen molar-refractivity contribution in [3.63, 3.8) is 0 Å². The van der Waals surface area contributed by atoms with E-state index >= 15 is 0 Å². The molecule has 35 heavy (non-hydrogen) atoms. The zero-order valence-electron chi connectivity index (χ0n) is 19.9. The average Bonchev–Trinajstić information content (AvgIpc) is 3.36. The van der Waals surface area contributed by atoms with E-state index in [2.05, 4.69) is 40.2 Å². The van der Waals surface area contributed by atoms with Crippen LogP contribution in [0.15, 0.2) is 18.5 Å². The number of sulfonamides is 1. The molecule has 1 unspecified atom stereocenters. The van der Waals surface area contributed by atoms with E-state index < -0.39 is 48.5 Å². The van der Waals surface area contributed by atoms with Gasteiger partial charge in [0.15, 0.2) is 11.5 Å². The van der Waals surface area contributed by atoms with Gasteiger partial charge in [-0.25, -0.2) is 23.2 Å². The highest BCUT2D eigenvalue weighted by molar-refractivity contribution is 7.89. The predicted molar refractivity (Wildman–Crippen MR) is 128 cm³/mol. The van der Waals surface area contributed by atoms with Crippen molar-refractivity contribution in [1.29, 1.82) is 0 Å². The molecule has 0 aliphatic carbocycles. The lowest BCUT2D eigenvalue weighted by Gasteiger charge is -2.17. The largest absolute Gasteiger partial charge is 0.390 e. The summed E-state index contributed by atoms with van der Waals surface area (Å²) in [6, 6.07) is 1.68. The Morgan fingerprint density at radius 3 is 2.74 bits per heavy atom. The third-order valence-electron chi connectivity index (χ3n) is 5.45. The van der Waals surface area contributed by atoms with E-state index in [0.29, 0.717) is 30.9 Å². The number of anilines is 1. The maximum atomic E-state index is 12.4. The van der Waals surface area contributed by atoms with Crippen molar-refractivity contribution < 1.29 is 31.1 Å². The van der Waals surface area contributed by atoms with Gasteiger partial charge >= 0.3 is 12.2 Å². The van der Waals surface area contributed by atoms with Gasteiger partial charge in [-0.2, -0.15) is 17.5 Å². The lowest BCUT2D eigenvalue weighted by atomic mass is 10.3. The number of urea groups is 1. The zero-order chi connectivity index (χ0) is 25.9. The second-order valence-electron chi connectivity index (χ2n) is 9.72.